The van der Waals surface area contributed by atoms with Gasteiger partial charge in [-0.15, -0.1) is 0 Å². The number of hydrogen-bond acceptors (Lipinski definition) is 1. The molecule has 1 aliphatic rings. The van der Waals surface area contributed by atoms with Crippen molar-refractivity contribution in [2.45, 2.75) is 59.3 Å². The molecule has 1 unspecified atom stereocenters. The summed E-state index contributed by atoms with van der Waals surface area (Å²) in [6, 6.07) is 0. The summed E-state index contributed by atoms with van der Waals surface area (Å²) in [4.78, 5) is 0. The van der Waals surface area contributed by atoms with Gasteiger partial charge in [0.05, 0.1) is 0 Å². The Balaban J connectivity index is 2.25. The van der Waals surface area contributed by atoms with Gasteiger partial charge in [-0.3, -0.25) is 0 Å². The summed E-state index contributed by atoms with van der Waals surface area (Å²) in [5, 5.41) is 0. The summed E-state index contributed by atoms with van der Waals surface area (Å²) < 4.78 is 0. The minimum absolute atomic E-state index is 0.788. The predicted octanol–water partition coefficient (Wildman–Crippen LogP) is 5.42. The Morgan fingerprint density at radius 1 is 1.53 bits per heavy atom. The van der Waals surface area contributed by atoms with Gasteiger partial charge in [0.15, 0.2) is 0 Å². The van der Waals surface area contributed by atoms with Gasteiger partial charge in [0.2, 0.25) is 0 Å². The van der Waals surface area contributed by atoms with Crippen LogP contribution in [0.25, 0.3) is 0 Å². The molecule has 0 saturated heterocycles. The molecule has 0 aliphatic heterocycles. The van der Waals surface area contributed by atoms with Gasteiger partial charge < -0.3 is 0 Å². The summed E-state index contributed by atoms with van der Waals surface area (Å²) in [7, 11) is 0. The molecule has 1 rings (SSSR count). The molecule has 0 bridgehead atoms. The predicted molar refractivity (Wildman–Crippen MR) is 81.7 cm³/mol. The minimum atomic E-state index is 0.788. The van der Waals surface area contributed by atoms with E-state index in [1.165, 1.54) is 38.5 Å². The number of thiol groups is 1. The van der Waals surface area contributed by atoms with E-state index in [1.807, 2.05) is 0 Å². The smallest absolute Gasteiger partial charge is 0.00664 e. The highest BCUT2D eigenvalue weighted by Crippen LogP contribution is 2.27. The summed E-state index contributed by atoms with van der Waals surface area (Å²) in [5.41, 5.74) is 3.24. The second-order valence-electron chi connectivity index (χ2n) is 5.87. The number of rotatable bonds is 6. The molecule has 0 amide bonds. The summed E-state index contributed by atoms with van der Waals surface area (Å²) >= 11 is 4.38. The Morgan fingerprint density at radius 3 is 2.82 bits per heavy atom. The molecule has 0 aromatic rings. The van der Waals surface area contributed by atoms with Crippen molar-refractivity contribution in [2.24, 2.45) is 11.8 Å². The Labute approximate surface area is 113 Å². The van der Waals surface area contributed by atoms with Crippen LogP contribution >= 0.6 is 12.6 Å². The molecule has 0 nitrogen and oxygen atoms in total. The van der Waals surface area contributed by atoms with Gasteiger partial charge in [0.25, 0.3) is 0 Å². The average Bonchev–Trinajstić information content (AvgIpc) is 2.29. The highest BCUT2D eigenvalue weighted by molar-refractivity contribution is 7.80. The first-order chi connectivity index (χ1) is 8.11. The molecule has 98 valence electrons. The van der Waals surface area contributed by atoms with Crippen LogP contribution < -0.4 is 0 Å². The van der Waals surface area contributed by atoms with Crippen molar-refractivity contribution in [3.63, 3.8) is 0 Å². The molecule has 0 fully saturated rings. The largest absolute Gasteiger partial charge is 0.179 e. The topological polar surface area (TPSA) is 0 Å². The Kier molecular flexibility index (Phi) is 7.03. The third-order valence-electron chi connectivity index (χ3n) is 3.56. The molecular weight excluding hydrogens is 224 g/mol. The standard InChI is InChI=1S/C16H28S/c1-13(2)11-14(3)5-4-6-15-7-9-16(12-17)10-8-15/h5,7,13,16-17H,4,6,8-12H2,1-3H3/b14-5+. The van der Waals surface area contributed by atoms with E-state index < -0.39 is 0 Å². The molecule has 0 spiro atoms. The lowest BCUT2D eigenvalue weighted by atomic mass is 9.89. The van der Waals surface area contributed by atoms with Crippen LogP contribution in [0.5, 0.6) is 0 Å². The molecule has 1 heteroatoms. The first-order valence-corrected chi connectivity index (χ1v) is 7.69. The van der Waals surface area contributed by atoms with Gasteiger partial charge in [-0.2, -0.15) is 12.6 Å². The minimum Gasteiger partial charge on any atom is -0.179 e. The van der Waals surface area contributed by atoms with Gasteiger partial charge in [-0.25, -0.2) is 0 Å². The molecule has 1 aliphatic carbocycles. The van der Waals surface area contributed by atoms with Gasteiger partial charge >= 0.3 is 0 Å². The van der Waals surface area contributed by atoms with E-state index in [-0.39, 0.29) is 0 Å². The molecule has 0 aromatic carbocycles. The van der Waals surface area contributed by atoms with Crippen molar-refractivity contribution in [3.05, 3.63) is 23.3 Å². The molecule has 0 saturated carbocycles. The summed E-state index contributed by atoms with van der Waals surface area (Å²) in [6.07, 6.45) is 12.6. The monoisotopic (exact) mass is 252 g/mol. The van der Waals surface area contributed by atoms with Crippen LogP contribution in [-0.4, -0.2) is 5.75 Å². The van der Waals surface area contributed by atoms with E-state index in [4.69, 9.17) is 0 Å². The van der Waals surface area contributed by atoms with Crippen LogP contribution in [0.3, 0.4) is 0 Å². The van der Waals surface area contributed by atoms with Crippen molar-refractivity contribution >= 4 is 12.6 Å². The lowest BCUT2D eigenvalue weighted by Crippen LogP contribution is -2.06. The maximum Gasteiger partial charge on any atom is -0.00664 e. The fraction of sp³-hybridized carbons (Fsp3) is 0.750. The molecule has 1 atom stereocenters. The van der Waals surface area contributed by atoms with Crippen molar-refractivity contribution in [3.8, 4) is 0 Å². The van der Waals surface area contributed by atoms with E-state index in [0.29, 0.717) is 0 Å². The number of hydrogen-bond donors (Lipinski definition) is 1. The van der Waals surface area contributed by atoms with Gasteiger partial charge in [0, 0.05) is 0 Å². The normalized spacial score (nSPS) is 21.8. The Hall–Kier alpha value is -0.170. The van der Waals surface area contributed by atoms with Crippen molar-refractivity contribution in [1.82, 2.24) is 0 Å². The lowest BCUT2D eigenvalue weighted by molar-refractivity contribution is 0.515. The third-order valence-corrected chi connectivity index (χ3v) is 4.08. The first-order valence-electron chi connectivity index (χ1n) is 7.06. The Bertz CT molecular complexity index is 273. The fourth-order valence-corrected chi connectivity index (χ4v) is 2.90. The van der Waals surface area contributed by atoms with Crippen LogP contribution in [-0.2, 0) is 0 Å². The van der Waals surface area contributed by atoms with Crippen LogP contribution in [0.1, 0.15) is 59.3 Å². The zero-order chi connectivity index (χ0) is 12.7. The quantitative estimate of drug-likeness (QED) is 0.474. The van der Waals surface area contributed by atoms with E-state index in [1.54, 1.807) is 11.1 Å². The van der Waals surface area contributed by atoms with E-state index >= 15 is 0 Å². The van der Waals surface area contributed by atoms with Crippen molar-refractivity contribution in [2.75, 3.05) is 5.75 Å². The fourth-order valence-electron chi connectivity index (χ4n) is 2.57. The van der Waals surface area contributed by atoms with Crippen molar-refractivity contribution in [1.29, 1.82) is 0 Å². The second kappa shape index (κ2) is 8.02. The highest BCUT2D eigenvalue weighted by Gasteiger charge is 2.12. The van der Waals surface area contributed by atoms with E-state index in [2.05, 4.69) is 45.6 Å². The van der Waals surface area contributed by atoms with Crippen LogP contribution in [0.15, 0.2) is 23.3 Å². The maximum absolute atomic E-state index is 4.38. The van der Waals surface area contributed by atoms with Crippen LogP contribution in [0.2, 0.25) is 0 Å². The SMILES string of the molecule is C/C(=C\CCC1=CCC(CS)CC1)CC(C)C. The molecule has 17 heavy (non-hydrogen) atoms. The number of allylic oxidation sites excluding steroid dienone is 4. The van der Waals surface area contributed by atoms with Gasteiger partial charge in [-0.05, 0) is 63.0 Å². The maximum atomic E-state index is 4.38. The van der Waals surface area contributed by atoms with Gasteiger partial charge in [-0.1, -0.05) is 37.1 Å². The highest BCUT2D eigenvalue weighted by atomic mass is 32.1. The summed E-state index contributed by atoms with van der Waals surface area (Å²) in [5.74, 6) is 2.67. The zero-order valence-electron chi connectivity index (χ0n) is 11.7. The van der Waals surface area contributed by atoms with Crippen LogP contribution in [0.4, 0.5) is 0 Å². The zero-order valence-corrected chi connectivity index (χ0v) is 12.6. The van der Waals surface area contributed by atoms with E-state index in [9.17, 15) is 0 Å². The van der Waals surface area contributed by atoms with Crippen molar-refractivity contribution < 1.29 is 0 Å². The summed E-state index contributed by atoms with van der Waals surface area (Å²) in [6.45, 7) is 6.85. The lowest BCUT2D eigenvalue weighted by Gasteiger charge is -2.19. The molecule has 0 radical (unpaired) electrons. The molecule has 0 aromatic heterocycles. The molecular formula is C16H28S. The average molecular weight is 252 g/mol. The third kappa shape index (κ3) is 6.35. The van der Waals surface area contributed by atoms with E-state index in [0.717, 1.165) is 17.6 Å². The second-order valence-corrected chi connectivity index (χ2v) is 6.24. The Morgan fingerprint density at radius 2 is 2.29 bits per heavy atom. The molecule has 0 heterocycles. The first kappa shape index (κ1) is 14.9. The van der Waals surface area contributed by atoms with Crippen LogP contribution in [0, 0.1) is 11.8 Å². The molecule has 0 N–H and O–H groups in total. The van der Waals surface area contributed by atoms with Gasteiger partial charge in [0.1, 0.15) is 0 Å².